The van der Waals surface area contributed by atoms with E-state index in [0.717, 1.165) is 30.2 Å². The van der Waals surface area contributed by atoms with E-state index in [4.69, 9.17) is 9.15 Å². The van der Waals surface area contributed by atoms with Crippen molar-refractivity contribution in [1.29, 1.82) is 0 Å². The van der Waals surface area contributed by atoms with Crippen LogP contribution in [0.4, 0.5) is 0 Å². The number of imidazole rings is 1. The number of nitrogens with one attached hydrogen (secondary N) is 1. The third kappa shape index (κ3) is 4.67. The van der Waals surface area contributed by atoms with Gasteiger partial charge in [-0.15, -0.1) is 0 Å². The van der Waals surface area contributed by atoms with Gasteiger partial charge in [0.2, 0.25) is 0 Å². The Kier molecular flexibility index (Phi) is 6.58. The Morgan fingerprint density at radius 3 is 2.73 bits per heavy atom. The molecule has 0 fully saturated rings. The Labute approximate surface area is 189 Å². The zero-order valence-electron chi connectivity index (χ0n) is 18.7. The van der Waals surface area contributed by atoms with Crippen LogP contribution in [0.3, 0.4) is 0 Å². The lowest BCUT2D eigenvalue weighted by atomic mass is 10.2. The molecule has 172 valence electrons. The first-order chi connectivity index (χ1) is 16.0. The third-order valence-electron chi connectivity index (χ3n) is 5.32. The number of unbranched alkanes of at least 4 members (excludes halogenated alkanes) is 1. The van der Waals surface area contributed by atoms with Crippen LogP contribution in [0.15, 0.2) is 50.4 Å². The molecule has 0 atom stereocenters. The number of aromatic amines is 1. The Morgan fingerprint density at radius 1 is 1.15 bits per heavy atom. The number of ether oxygens (including phenoxy) is 1. The van der Waals surface area contributed by atoms with Crippen molar-refractivity contribution in [3.63, 3.8) is 0 Å². The van der Waals surface area contributed by atoms with Crippen LogP contribution in [0.2, 0.25) is 0 Å². The average molecular weight is 450 g/mol. The first-order valence-electron chi connectivity index (χ1n) is 11.1. The second kappa shape index (κ2) is 9.72. The van der Waals surface area contributed by atoms with Crippen molar-refractivity contribution in [2.45, 2.75) is 52.8 Å². The van der Waals surface area contributed by atoms with Gasteiger partial charge in [0.15, 0.2) is 11.2 Å². The van der Waals surface area contributed by atoms with Crippen LogP contribution in [0.5, 0.6) is 0 Å². The van der Waals surface area contributed by atoms with Gasteiger partial charge < -0.3 is 13.7 Å². The molecule has 3 aromatic heterocycles. The van der Waals surface area contributed by atoms with Crippen molar-refractivity contribution in [2.24, 2.45) is 0 Å². The summed E-state index contributed by atoms with van der Waals surface area (Å²) in [7, 11) is 0. The highest BCUT2D eigenvalue weighted by molar-refractivity contribution is 5.88. The first-order valence-corrected chi connectivity index (χ1v) is 11.1. The summed E-state index contributed by atoms with van der Waals surface area (Å²) in [4.78, 5) is 44.1. The zero-order chi connectivity index (χ0) is 23.4. The van der Waals surface area contributed by atoms with Gasteiger partial charge in [-0.1, -0.05) is 38.5 Å². The molecule has 1 N–H and O–H groups in total. The minimum atomic E-state index is -0.567. The van der Waals surface area contributed by atoms with E-state index in [1.54, 1.807) is 10.6 Å². The molecule has 4 rings (SSSR count). The molecule has 0 bridgehead atoms. The number of aryl methyl sites for hydroxylation is 2. The van der Waals surface area contributed by atoms with Crippen LogP contribution in [-0.2, 0) is 29.2 Å². The van der Waals surface area contributed by atoms with E-state index in [1.807, 2.05) is 44.2 Å². The van der Waals surface area contributed by atoms with E-state index in [2.05, 4.69) is 9.97 Å². The molecule has 0 saturated heterocycles. The fraction of sp³-hybridized carbons (Fsp3) is 0.333. The summed E-state index contributed by atoms with van der Waals surface area (Å²) < 4.78 is 14.2. The molecule has 0 radical (unpaired) electrons. The van der Waals surface area contributed by atoms with E-state index in [1.165, 1.54) is 10.6 Å². The van der Waals surface area contributed by atoms with E-state index in [0.29, 0.717) is 35.8 Å². The molecule has 0 aliphatic rings. The standard InChI is InChI=1S/C24H26N4O5/c1-3-5-13-28-22-21(23(30)26-24(28)31)27(12-4-2)19(25-22)15-32-20(29)11-10-17-14-16-8-6-7-9-18(16)33-17/h6-11,14H,3-5,12-13,15H2,1-2H3,(H,26,30,31)/b11-10+. The summed E-state index contributed by atoms with van der Waals surface area (Å²) in [5.74, 6) is 0.388. The molecular weight excluding hydrogens is 424 g/mol. The van der Waals surface area contributed by atoms with Gasteiger partial charge in [0, 0.05) is 24.6 Å². The number of fused-ring (bicyclic) bond motifs is 2. The summed E-state index contributed by atoms with van der Waals surface area (Å²) in [5, 5.41) is 0.943. The summed E-state index contributed by atoms with van der Waals surface area (Å²) in [5.41, 5.74) is 0.384. The van der Waals surface area contributed by atoms with E-state index < -0.39 is 17.2 Å². The summed E-state index contributed by atoms with van der Waals surface area (Å²) in [6.07, 6.45) is 5.24. The molecule has 0 aliphatic heterocycles. The van der Waals surface area contributed by atoms with Crippen molar-refractivity contribution in [2.75, 3.05) is 0 Å². The van der Waals surface area contributed by atoms with Crippen molar-refractivity contribution in [1.82, 2.24) is 19.1 Å². The lowest BCUT2D eigenvalue weighted by Gasteiger charge is -2.07. The summed E-state index contributed by atoms with van der Waals surface area (Å²) >= 11 is 0. The van der Waals surface area contributed by atoms with Crippen LogP contribution in [0, 0.1) is 0 Å². The van der Waals surface area contributed by atoms with Crippen LogP contribution in [0.25, 0.3) is 28.2 Å². The van der Waals surface area contributed by atoms with Gasteiger partial charge in [-0.25, -0.2) is 14.6 Å². The van der Waals surface area contributed by atoms with Crippen LogP contribution >= 0.6 is 0 Å². The van der Waals surface area contributed by atoms with Crippen molar-refractivity contribution < 1.29 is 13.9 Å². The second-order valence-corrected chi connectivity index (χ2v) is 7.74. The van der Waals surface area contributed by atoms with Gasteiger partial charge in [0.05, 0.1) is 0 Å². The number of H-pyrrole nitrogens is 1. The van der Waals surface area contributed by atoms with Crippen LogP contribution in [-0.4, -0.2) is 25.1 Å². The van der Waals surface area contributed by atoms with Gasteiger partial charge in [0.25, 0.3) is 5.56 Å². The number of hydrogen-bond donors (Lipinski definition) is 1. The topological polar surface area (TPSA) is 112 Å². The molecule has 9 nitrogen and oxygen atoms in total. The van der Waals surface area contributed by atoms with Crippen molar-refractivity contribution in [3.8, 4) is 0 Å². The highest BCUT2D eigenvalue weighted by Crippen LogP contribution is 2.20. The molecule has 0 unspecified atom stereocenters. The van der Waals surface area contributed by atoms with Crippen LogP contribution < -0.4 is 11.2 Å². The predicted octanol–water partition coefficient (Wildman–Crippen LogP) is 3.60. The van der Waals surface area contributed by atoms with Crippen molar-refractivity contribution >= 4 is 34.2 Å². The Balaban J connectivity index is 1.57. The van der Waals surface area contributed by atoms with E-state index >= 15 is 0 Å². The van der Waals surface area contributed by atoms with E-state index in [-0.39, 0.29) is 6.61 Å². The maximum Gasteiger partial charge on any atom is 0.331 e. The molecule has 0 saturated carbocycles. The monoisotopic (exact) mass is 450 g/mol. The number of carbonyl (C=O) groups excluding carboxylic acids is 1. The van der Waals surface area contributed by atoms with E-state index in [9.17, 15) is 14.4 Å². The molecular formula is C24H26N4O5. The number of nitrogens with zero attached hydrogens (tertiary/aromatic N) is 3. The Bertz CT molecular complexity index is 1400. The Hall–Kier alpha value is -3.88. The highest BCUT2D eigenvalue weighted by Gasteiger charge is 2.19. The van der Waals surface area contributed by atoms with Gasteiger partial charge in [-0.05, 0) is 31.1 Å². The molecule has 9 heteroatoms. The Morgan fingerprint density at radius 2 is 1.97 bits per heavy atom. The largest absolute Gasteiger partial charge is 0.457 e. The predicted molar refractivity (Wildman–Crippen MR) is 125 cm³/mol. The summed E-state index contributed by atoms with van der Waals surface area (Å²) in [6, 6.07) is 9.40. The smallest absolute Gasteiger partial charge is 0.331 e. The van der Waals surface area contributed by atoms with Gasteiger partial charge in [-0.3, -0.25) is 14.3 Å². The minimum absolute atomic E-state index is 0.126. The fourth-order valence-corrected chi connectivity index (χ4v) is 3.73. The number of aromatic nitrogens is 4. The molecule has 0 amide bonds. The van der Waals surface area contributed by atoms with Gasteiger partial charge >= 0.3 is 11.7 Å². The number of para-hydroxylation sites is 1. The summed E-state index contributed by atoms with van der Waals surface area (Å²) in [6.45, 7) is 4.82. The number of rotatable bonds is 9. The number of benzene rings is 1. The maximum absolute atomic E-state index is 12.5. The number of furan rings is 1. The number of hydrogen-bond acceptors (Lipinski definition) is 6. The SMILES string of the molecule is CCCCn1c(=O)[nH]c(=O)c2c1nc(COC(=O)/C=C/c1cc3ccccc3o1)n2CCC. The molecule has 33 heavy (non-hydrogen) atoms. The molecule has 3 heterocycles. The lowest BCUT2D eigenvalue weighted by molar-refractivity contribution is -0.139. The molecule has 0 aliphatic carbocycles. The minimum Gasteiger partial charge on any atom is -0.457 e. The maximum atomic E-state index is 12.5. The van der Waals surface area contributed by atoms with Gasteiger partial charge in [0.1, 0.15) is 23.8 Å². The normalized spacial score (nSPS) is 11.7. The number of esters is 1. The molecule has 1 aromatic carbocycles. The number of carbonyl (C=O) groups is 1. The average Bonchev–Trinajstić information content (AvgIpc) is 3.38. The van der Waals surface area contributed by atoms with Gasteiger partial charge in [-0.2, -0.15) is 0 Å². The molecule has 0 spiro atoms. The molecule has 4 aromatic rings. The van der Waals surface area contributed by atoms with Crippen molar-refractivity contribution in [3.05, 3.63) is 68.8 Å². The third-order valence-corrected chi connectivity index (χ3v) is 5.32. The van der Waals surface area contributed by atoms with Crippen LogP contribution in [0.1, 0.15) is 44.7 Å². The highest BCUT2D eigenvalue weighted by atomic mass is 16.5. The zero-order valence-corrected chi connectivity index (χ0v) is 18.7. The quantitative estimate of drug-likeness (QED) is 0.308. The second-order valence-electron chi connectivity index (χ2n) is 7.74. The first kappa shape index (κ1) is 22.3. The lowest BCUT2D eigenvalue weighted by Crippen LogP contribution is -2.31. The fourth-order valence-electron chi connectivity index (χ4n) is 3.73.